The third kappa shape index (κ3) is 2.91. The van der Waals surface area contributed by atoms with E-state index < -0.39 is 17.4 Å². The van der Waals surface area contributed by atoms with Crippen molar-refractivity contribution in [1.82, 2.24) is 4.31 Å². The Morgan fingerprint density at radius 2 is 2.00 bits per heavy atom. The van der Waals surface area contributed by atoms with Crippen molar-refractivity contribution in [2.75, 3.05) is 6.54 Å². The summed E-state index contributed by atoms with van der Waals surface area (Å²) in [5.74, 6) is 0. The third-order valence-corrected chi connectivity index (χ3v) is 2.94. The van der Waals surface area contributed by atoms with Crippen molar-refractivity contribution in [2.24, 2.45) is 0 Å². The smallest absolute Gasteiger partial charge is 0.261 e. The maximum atomic E-state index is 11.1. The molecule has 1 aliphatic heterocycles. The molecule has 2 N–H and O–H groups in total. The number of rotatable bonds is 3. The molecule has 0 bridgehead atoms. The largest absolute Gasteiger partial charge is 0.391 e. The van der Waals surface area contributed by atoms with Crippen LogP contribution in [0, 0.1) is 0 Å². The second-order valence-corrected chi connectivity index (χ2v) is 4.27. The summed E-state index contributed by atoms with van der Waals surface area (Å²) in [6.07, 6.45) is 6.29. The summed E-state index contributed by atoms with van der Waals surface area (Å²) >= 11 is -2.15. The number of β-amino-alcohol motifs (C(OH)–C–C–N with tert-alkyl or cyclic N) is 1. The molecule has 1 unspecified atom stereocenters. The van der Waals surface area contributed by atoms with Gasteiger partial charge in [0.1, 0.15) is 0 Å². The van der Waals surface area contributed by atoms with Crippen molar-refractivity contribution >= 4 is 11.3 Å². The van der Waals surface area contributed by atoms with Gasteiger partial charge in [0.15, 0.2) is 0 Å². The van der Waals surface area contributed by atoms with Gasteiger partial charge in [-0.15, -0.1) is 0 Å². The Bertz CT molecular complexity index is 373. The van der Waals surface area contributed by atoms with Gasteiger partial charge in [0, 0.05) is 6.42 Å². The van der Waals surface area contributed by atoms with Crippen molar-refractivity contribution in [3.8, 4) is 0 Å². The van der Waals surface area contributed by atoms with Crippen molar-refractivity contribution in [3.05, 3.63) is 48.7 Å². The van der Waals surface area contributed by atoms with Crippen LogP contribution in [-0.2, 0) is 11.3 Å². The molecule has 0 saturated carbocycles. The van der Waals surface area contributed by atoms with Crippen molar-refractivity contribution < 1.29 is 13.9 Å². The molecule has 1 rings (SSSR count). The highest BCUT2D eigenvalue weighted by Crippen LogP contribution is 2.27. The van der Waals surface area contributed by atoms with Gasteiger partial charge in [0.2, 0.25) is 0 Å². The maximum absolute atomic E-state index is 11.1. The molecule has 2 atom stereocenters. The minimum absolute atomic E-state index is 0.136. The van der Waals surface area contributed by atoms with Gasteiger partial charge in [-0.2, -0.15) is 0 Å². The van der Waals surface area contributed by atoms with Crippen LogP contribution in [0.4, 0.5) is 0 Å². The summed E-state index contributed by atoms with van der Waals surface area (Å²) in [4.78, 5) is 0. The summed E-state index contributed by atoms with van der Waals surface area (Å²) in [5, 5.41) is 9.60. The topological polar surface area (TPSA) is 60.8 Å². The highest BCUT2D eigenvalue weighted by Gasteiger charge is 2.27. The first-order valence-electron chi connectivity index (χ1n) is 4.81. The number of aliphatic hydroxyl groups excluding tert-OH is 1. The Labute approximate surface area is 97.7 Å². The molecule has 4 nitrogen and oxygen atoms in total. The number of aliphatic hydroxyl groups is 1. The third-order valence-electron chi connectivity index (χ3n) is 2.21. The first-order chi connectivity index (χ1) is 7.60. The summed E-state index contributed by atoms with van der Waals surface area (Å²) < 4.78 is 21.5. The van der Waals surface area contributed by atoms with E-state index >= 15 is 0 Å². The molecule has 16 heavy (non-hydrogen) atoms. The number of allylic oxidation sites excluding steroid dienone is 5. The van der Waals surface area contributed by atoms with E-state index in [1.807, 2.05) is 0 Å². The lowest BCUT2D eigenvalue weighted by Gasteiger charge is -2.32. The molecule has 0 aromatic rings. The van der Waals surface area contributed by atoms with Crippen LogP contribution in [0.1, 0.15) is 6.42 Å². The first-order valence-corrected chi connectivity index (χ1v) is 5.87. The molecule has 88 valence electrons. The van der Waals surface area contributed by atoms with Crippen LogP contribution in [0.15, 0.2) is 48.7 Å². The van der Waals surface area contributed by atoms with E-state index in [1.54, 1.807) is 24.3 Å². The SMILES string of the molecule is C=C/C=C1/C[C@@H](O)CN(S(=O)O)/C1=C/C=C. The molecule has 1 saturated heterocycles. The van der Waals surface area contributed by atoms with E-state index in [9.17, 15) is 9.32 Å². The average molecular weight is 241 g/mol. The Hall–Kier alpha value is -1.17. The van der Waals surface area contributed by atoms with Gasteiger partial charge in [-0.25, -0.2) is 4.21 Å². The highest BCUT2D eigenvalue weighted by atomic mass is 32.2. The molecule has 0 aromatic carbocycles. The predicted molar refractivity (Wildman–Crippen MR) is 64.7 cm³/mol. The second-order valence-electron chi connectivity index (χ2n) is 3.36. The normalized spacial score (nSPS) is 28.1. The fourth-order valence-electron chi connectivity index (χ4n) is 1.62. The fourth-order valence-corrected chi connectivity index (χ4v) is 2.26. The zero-order valence-corrected chi connectivity index (χ0v) is 9.69. The lowest BCUT2D eigenvalue weighted by Crippen LogP contribution is -2.38. The van der Waals surface area contributed by atoms with Gasteiger partial charge in [-0.1, -0.05) is 31.4 Å². The predicted octanol–water partition coefficient (Wildman–Crippen LogP) is 1.37. The Kier molecular flexibility index (Phi) is 4.67. The van der Waals surface area contributed by atoms with Gasteiger partial charge >= 0.3 is 0 Å². The molecule has 0 aliphatic carbocycles. The van der Waals surface area contributed by atoms with E-state index in [1.165, 1.54) is 4.31 Å². The highest BCUT2D eigenvalue weighted by molar-refractivity contribution is 7.76. The van der Waals surface area contributed by atoms with Crippen LogP contribution in [0.2, 0.25) is 0 Å². The molecule has 0 amide bonds. The number of hydrogen-bond acceptors (Lipinski definition) is 2. The van der Waals surface area contributed by atoms with Crippen LogP contribution >= 0.6 is 0 Å². The fraction of sp³-hybridized carbons (Fsp3) is 0.273. The Morgan fingerprint density at radius 1 is 1.38 bits per heavy atom. The molecule has 1 fully saturated rings. The van der Waals surface area contributed by atoms with E-state index in [2.05, 4.69) is 13.2 Å². The summed E-state index contributed by atoms with van der Waals surface area (Å²) in [6, 6.07) is 0. The minimum Gasteiger partial charge on any atom is -0.391 e. The van der Waals surface area contributed by atoms with Crippen molar-refractivity contribution in [2.45, 2.75) is 12.5 Å². The Balaban J connectivity index is 3.13. The van der Waals surface area contributed by atoms with Gasteiger partial charge in [-0.05, 0) is 11.6 Å². The van der Waals surface area contributed by atoms with Crippen LogP contribution in [0.25, 0.3) is 0 Å². The summed E-state index contributed by atoms with van der Waals surface area (Å²) in [5.41, 5.74) is 1.37. The molecule has 1 heterocycles. The monoisotopic (exact) mass is 241 g/mol. The standard InChI is InChI=1S/C11H15NO3S/c1-3-5-9-7-10(13)8-12(16(14)15)11(9)6-4-2/h3-6,10,13H,1-2,7-8H2,(H,14,15)/b9-5-,11-6+/t10-/m1/s1. The molecule has 1 aliphatic rings. The van der Waals surface area contributed by atoms with Gasteiger partial charge in [0.25, 0.3) is 11.3 Å². The minimum atomic E-state index is -2.15. The van der Waals surface area contributed by atoms with E-state index in [0.717, 1.165) is 5.57 Å². The zero-order valence-electron chi connectivity index (χ0n) is 8.87. The summed E-state index contributed by atoms with van der Waals surface area (Å²) in [7, 11) is 0. The van der Waals surface area contributed by atoms with E-state index in [0.29, 0.717) is 12.1 Å². The van der Waals surface area contributed by atoms with E-state index in [-0.39, 0.29) is 6.54 Å². The van der Waals surface area contributed by atoms with Crippen molar-refractivity contribution in [3.63, 3.8) is 0 Å². The Morgan fingerprint density at radius 3 is 2.50 bits per heavy atom. The van der Waals surface area contributed by atoms with E-state index in [4.69, 9.17) is 4.55 Å². The second kappa shape index (κ2) is 5.79. The average Bonchev–Trinajstić information content (AvgIpc) is 2.21. The summed E-state index contributed by atoms with van der Waals surface area (Å²) in [6.45, 7) is 7.28. The van der Waals surface area contributed by atoms with Crippen LogP contribution < -0.4 is 0 Å². The molecule has 0 aromatic heterocycles. The van der Waals surface area contributed by atoms with Crippen LogP contribution in [-0.4, -0.2) is 30.8 Å². The molecular formula is C11H15NO3S. The number of piperidine rings is 1. The van der Waals surface area contributed by atoms with Crippen LogP contribution in [0.5, 0.6) is 0 Å². The van der Waals surface area contributed by atoms with Gasteiger partial charge < -0.3 is 5.11 Å². The quantitative estimate of drug-likeness (QED) is 0.734. The van der Waals surface area contributed by atoms with Crippen molar-refractivity contribution in [1.29, 1.82) is 0 Å². The van der Waals surface area contributed by atoms with Crippen LogP contribution in [0.3, 0.4) is 0 Å². The van der Waals surface area contributed by atoms with Gasteiger partial charge in [-0.3, -0.25) is 8.86 Å². The molecule has 5 heteroatoms. The molecular weight excluding hydrogens is 226 g/mol. The lowest BCUT2D eigenvalue weighted by atomic mass is 9.99. The lowest BCUT2D eigenvalue weighted by molar-refractivity contribution is 0.141. The molecule has 0 radical (unpaired) electrons. The zero-order chi connectivity index (χ0) is 12.1. The number of nitrogens with zero attached hydrogens (tertiary/aromatic N) is 1. The number of hydrogen-bond donors (Lipinski definition) is 2. The molecule has 0 spiro atoms. The first kappa shape index (κ1) is 12.9. The van der Waals surface area contributed by atoms with Gasteiger partial charge in [0.05, 0.1) is 18.3 Å². The maximum Gasteiger partial charge on any atom is 0.261 e.